The molecular weight excluding hydrogens is 444 g/mol. The van der Waals surface area contributed by atoms with Gasteiger partial charge in [-0.05, 0) is 48.2 Å². The summed E-state index contributed by atoms with van der Waals surface area (Å²) in [6, 6.07) is 15.9. The summed E-state index contributed by atoms with van der Waals surface area (Å²) in [7, 11) is 3.32. The van der Waals surface area contributed by atoms with Gasteiger partial charge in [-0.15, -0.1) is 0 Å². The minimum atomic E-state index is -0.560. The van der Waals surface area contributed by atoms with Crippen molar-refractivity contribution in [1.29, 1.82) is 0 Å². The first-order valence-corrected chi connectivity index (χ1v) is 12.0. The van der Waals surface area contributed by atoms with Crippen LogP contribution in [0.3, 0.4) is 0 Å². The van der Waals surface area contributed by atoms with Gasteiger partial charge in [-0.25, -0.2) is 4.98 Å². The number of nitrogens with one attached hydrogen (secondary N) is 1. The van der Waals surface area contributed by atoms with E-state index < -0.39 is 11.7 Å². The van der Waals surface area contributed by atoms with Gasteiger partial charge in [0, 0.05) is 38.6 Å². The van der Waals surface area contributed by atoms with Crippen LogP contribution in [-0.2, 0) is 34.8 Å². The Hall–Kier alpha value is -3.36. The summed E-state index contributed by atoms with van der Waals surface area (Å²) in [5.74, 6) is 2.46. The van der Waals surface area contributed by atoms with Crippen molar-refractivity contribution in [2.75, 3.05) is 27.3 Å². The van der Waals surface area contributed by atoms with Crippen LogP contribution in [0.1, 0.15) is 29.8 Å². The molecule has 35 heavy (non-hydrogen) atoms. The van der Waals surface area contributed by atoms with Gasteiger partial charge in [0.1, 0.15) is 22.9 Å². The fraction of sp³-hybridized carbons (Fsp3) is 0.407. The largest absolute Gasteiger partial charge is 0.497 e. The average Bonchev–Trinajstić information content (AvgIpc) is 3.39. The second kappa shape index (κ2) is 10.1. The van der Waals surface area contributed by atoms with Gasteiger partial charge >= 0.3 is 0 Å². The SMILES string of the molecule is COc1ccc(CN2CCC3(CC2)O[C@H](C(=O)NCc2cccc(OC)c2)Cn2ccnc23)cc1. The van der Waals surface area contributed by atoms with E-state index in [4.69, 9.17) is 14.2 Å². The second-order valence-electron chi connectivity index (χ2n) is 9.20. The number of ether oxygens (including phenoxy) is 3. The van der Waals surface area contributed by atoms with Crippen LogP contribution in [0.15, 0.2) is 60.9 Å². The van der Waals surface area contributed by atoms with Crippen molar-refractivity contribution in [3.05, 3.63) is 77.9 Å². The highest BCUT2D eigenvalue weighted by Crippen LogP contribution is 2.40. The molecular formula is C27H32N4O4. The molecule has 1 amide bonds. The number of aromatic nitrogens is 2. The number of hydrogen-bond acceptors (Lipinski definition) is 6. The molecule has 1 N–H and O–H groups in total. The van der Waals surface area contributed by atoms with E-state index in [2.05, 4.69) is 31.9 Å². The van der Waals surface area contributed by atoms with Gasteiger partial charge in [0.15, 0.2) is 6.10 Å². The number of imidazole rings is 1. The topological polar surface area (TPSA) is 77.9 Å². The van der Waals surface area contributed by atoms with Crippen LogP contribution in [0, 0.1) is 0 Å². The zero-order valence-electron chi connectivity index (χ0n) is 20.3. The number of likely N-dealkylation sites (tertiary alicyclic amines) is 1. The summed E-state index contributed by atoms with van der Waals surface area (Å²) in [4.78, 5) is 20.2. The summed E-state index contributed by atoms with van der Waals surface area (Å²) in [6.45, 7) is 3.51. The van der Waals surface area contributed by atoms with Gasteiger partial charge in [0.05, 0.1) is 20.8 Å². The summed E-state index contributed by atoms with van der Waals surface area (Å²) >= 11 is 0. The quantitative estimate of drug-likeness (QED) is 0.565. The first kappa shape index (κ1) is 23.4. The van der Waals surface area contributed by atoms with Gasteiger partial charge in [-0.3, -0.25) is 9.69 Å². The molecule has 0 unspecified atom stereocenters. The molecule has 2 aromatic carbocycles. The molecule has 184 valence electrons. The molecule has 0 bridgehead atoms. The number of rotatable bonds is 7. The summed E-state index contributed by atoms with van der Waals surface area (Å²) in [6.07, 6.45) is 4.78. The highest BCUT2D eigenvalue weighted by Gasteiger charge is 2.47. The van der Waals surface area contributed by atoms with Gasteiger partial charge in [-0.2, -0.15) is 0 Å². The summed E-state index contributed by atoms with van der Waals surface area (Å²) in [5.41, 5.74) is 1.69. The fourth-order valence-corrected chi connectivity index (χ4v) is 5.02. The molecule has 3 aromatic rings. The van der Waals surface area contributed by atoms with E-state index in [9.17, 15) is 4.79 Å². The predicted molar refractivity (Wildman–Crippen MR) is 131 cm³/mol. The third-order valence-corrected chi connectivity index (χ3v) is 6.98. The predicted octanol–water partition coefficient (Wildman–Crippen LogP) is 3.11. The number of carbonyl (C=O) groups excluding carboxylic acids is 1. The Morgan fingerprint density at radius 2 is 1.86 bits per heavy atom. The van der Waals surface area contributed by atoms with Gasteiger partial charge in [0.25, 0.3) is 5.91 Å². The maximum atomic E-state index is 13.1. The molecule has 2 aliphatic heterocycles. The molecule has 1 fully saturated rings. The van der Waals surface area contributed by atoms with Crippen molar-refractivity contribution in [2.45, 2.75) is 44.2 Å². The van der Waals surface area contributed by atoms with Crippen molar-refractivity contribution in [3.63, 3.8) is 0 Å². The van der Waals surface area contributed by atoms with Gasteiger partial charge < -0.3 is 24.1 Å². The Kier molecular flexibility index (Phi) is 6.74. The number of nitrogens with zero attached hydrogens (tertiary/aromatic N) is 3. The summed E-state index contributed by atoms with van der Waals surface area (Å²) < 4.78 is 19.2. The number of benzene rings is 2. The molecule has 1 spiro atoms. The molecule has 0 radical (unpaired) electrons. The van der Waals surface area contributed by atoms with Crippen LogP contribution < -0.4 is 14.8 Å². The van der Waals surface area contributed by atoms with E-state index >= 15 is 0 Å². The maximum Gasteiger partial charge on any atom is 0.251 e. The number of methoxy groups -OCH3 is 2. The lowest BCUT2D eigenvalue weighted by Gasteiger charge is -2.45. The fourth-order valence-electron chi connectivity index (χ4n) is 5.02. The van der Waals surface area contributed by atoms with Crippen molar-refractivity contribution in [1.82, 2.24) is 19.8 Å². The molecule has 1 atom stereocenters. The molecule has 2 aliphatic rings. The van der Waals surface area contributed by atoms with E-state index in [0.717, 1.165) is 55.4 Å². The molecule has 8 heteroatoms. The van der Waals surface area contributed by atoms with Crippen molar-refractivity contribution in [2.24, 2.45) is 0 Å². The zero-order valence-corrected chi connectivity index (χ0v) is 20.3. The van der Waals surface area contributed by atoms with E-state index in [1.54, 1.807) is 20.4 Å². The zero-order chi connectivity index (χ0) is 24.3. The number of hydrogen-bond donors (Lipinski definition) is 1. The van der Waals surface area contributed by atoms with Gasteiger partial charge in [-0.1, -0.05) is 24.3 Å². The minimum absolute atomic E-state index is 0.104. The monoisotopic (exact) mass is 476 g/mol. The van der Waals surface area contributed by atoms with Crippen molar-refractivity contribution in [3.8, 4) is 11.5 Å². The Bertz CT molecular complexity index is 1150. The number of carbonyl (C=O) groups is 1. The second-order valence-corrected chi connectivity index (χ2v) is 9.20. The van der Waals surface area contributed by atoms with Gasteiger partial charge in [0.2, 0.25) is 0 Å². The first-order chi connectivity index (χ1) is 17.1. The lowest BCUT2D eigenvalue weighted by atomic mass is 9.88. The number of fused-ring (bicyclic) bond motifs is 2. The number of piperidine rings is 1. The summed E-state index contributed by atoms with van der Waals surface area (Å²) in [5, 5.41) is 3.04. The lowest BCUT2D eigenvalue weighted by molar-refractivity contribution is -0.174. The van der Waals surface area contributed by atoms with Crippen molar-refractivity contribution >= 4 is 5.91 Å². The Morgan fingerprint density at radius 1 is 1.09 bits per heavy atom. The molecule has 3 heterocycles. The number of amides is 1. The average molecular weight is 477 g/mol. The van der Waals surface area contributed by atoms with Crippen LogP contribution in [0.2, 0.25) is 0 Å². The molecule has 8 nitrogen and oxygen atoms in total. The highest BCUT2D eigenvalue weighted by atomic mass is 16.5. The van der Waals surface area contributed by atoms with E-state index in [0.29, 0.717) is 13.1 Å². The van der Waals surface area contributed by atoms with Crippen LogP contribution in [0.25, 0.3) is 0 Å². The van der Waals surface area contributed by atoms with Crippen molar-refractivity contribution < 1.29 is 19.0 Å². The third kappa shape index (κ3) is 5.04. The van der Waals surface area contributed by atoms with E-state index in [1.807, 2.05) is 42.6 Å². The van der Waals surface area contributed by atoms with Crippen LogP contribution in [0.5, 0.6) is 11.5 Å². The smallest absolute Gasteiger partial charge is 0.251 e. The maximum absolute atomic E-state index is 13.1. The molecule has 1 saturated heterocycles. The minimum Gasteiger partial charge on any atom is -0.497 e. The Morgan fingerprint density at radius 3 is 2.60 bits per heavy atom. The van der Waals surface area contributed by atoms with Crippen LogP contribution >= 0.6 is 0 Å². The Balaban J connectivity index is 1.23. The van der Waals surface area contributed by atoms with Crippen LogP contribution in [-0.4, -0.2) is 53.8 Å². The highest BCUT2D eigenvalue weighted by molar-refractivity contribution is 5.81. The first-order valence-electron chi connectivity index (χ1n) is 12.0. The standard InChI is InChI=1S/C27H32N4O4/c1-33-22-8-6-20(7-9-22)18-30-13-10-27(11-14-30)26-28-12-15-31(26)19-24(35-27)25(32)29-17-21-4-3-5-23(16-21)34-2/h3-9,12,15-16,24H,10-11,13-14,17-19H2,1-2H3,(H,29,32)/t24-/m0/s1. The van der Waals surface area contributed by atoms with E-state index in [-0.39, 0.29) is 5.91 Å². The molecule has 0 saturated carbocycles. The molecule has 0 aliphatic carbocycles. The Labute approximate surface area is 205 Å². The van der Waals surface area contributed by atoms with E-state index in [1.165, 1.54) is 5.56 Å². The van der Waals surface area contributed by atoms with Crippen LogP contribution in [0.4, 0.5) is 0 Å². The normalized spacial score (nSPS) is 19.2. The third-order valence-electron chi connectivity index (χ3n) is 6.98. The molecule has 1 aromatic heterocycles. The lowest BCUT2D eigenvalue weighted by Crippen LogP contribution is -2.53. The molecule has 5 rings (SSSR count).